The number of anilines is 1. The predicted molar refractivity (Wildman–Crippen MR) is 89.8 cm³/mol. The van der Waals surface area contributed by atoms with Crippen molar-refractivity contribution >= 4 is 21.6 Å². The van der Waals surface area contributed by atoms with Gasteiger partial charge in [0.2, 0.25) is 0 Å². The summed E-state index contributed by atoms with van der Waals surface area (Å²) in [5, 5.41) is 3.30. The van der Waals surface area contributed by atoms with Crippen molar-refractivity contribution in [2.75, 3.05) is 11.9 Å². The van der Waals surface area contributed by atoms with Crippen LogP contribution in [-0.4, -0.2) is 6.54 Å². The van der Waals surface area contributed by atoms with Crippen LogP contribution in [0.1, 0.15) is 39.2 Å². The highest BCUT2D eigenvalue weighted by Crippen LogP contribution is 2.23. The lowest BCUT2D eigenvalue weighted by Crippen LogP contribution is -1.97. The van der Waals surface area contributed by atoms with Crippen molar-refractivity contribution in [1.82, 2.24) is 0 Å². The molecule has 1 aromatic carbocycles. The van der Waals surface area contributed by atoms with Crippen LogP contribution in [0.5, 0.6) is 0 Å². The summed E-state index contributed by atoms with van der Waals surface area (Å²) in [4.78, 5) is 0. The minimum atomic E-state index is 0.964. The summed E-state index contributed by atoms with van der Waals surface area (Å²) in [6.07, 6.45) is 10.2. The van der Waals surface area contributed by atoms with Crippen LogP contribution in [0.25, 0.3) is 0 Å². The molecule has 0 saturated carbocycles. The van der Waals surface area contributed by atoms with E-state index in [9.17, 15) is 0 Å². The Balaban J connectivity index is 0.000000218. The third kappa shape index (κ3) is 6.11. The zero-order chi connectivity index (χ0) is 14.1. The normalized spacial score (nSPS) is 13.4. The molecule has 0 amide bonds. The summed E-state index contributed by atoms with van der Waals surface area (Å²) in [6, 6.07) is 6.43. The van der Waals surface area contributed by atoms with Gasteiger partial charge in [-0.3, -0.25) is 0 Å². The Morgan fingerprint density at radius 3 is 2.47 bits per heavy atom. The molecule has 0 bridgehead atoms. The maximum Gasteiger partial charge on any atom is 0.0487 e. The maximum atomic E-state index is 3.50. The van der Waals surface area contributed by atoms with Crippen LogP contribution in [-0.2, 0) is 6.42 Å². The van der Waals surface area contributed by atoms with Gasteiger partial charge in [0.1, 0.15) is 0 Å². The van der Waals surface area contributed by atoms with Crippen molar-refractivity contribution in [3.05, 3.63) is 52.0 Å². The van der Waals surface area contributed by atoms with E-state index in [2.05, 4.69) is 78.4 Å². The van der Waals surface area contributed by atoms with Gasteiger partial charge in [0.15, 0.2) is 0 Å². The van der Waals surface area contributed by atoms with Crippen LogP contribution in [0, 0.1) is 0 Å². The van der Waals surface area contributed by atoms with E-state index >= 15 is 0 Å². The highest BCUT2D eigenvalue weighted by molar-refractivity contribution is 9.10. The second kappa shape index (κ2) is 8.98. The first-order valence-corrected chi connectivity index (χ1v) is 7.82. The summed E-state index contributed by atoms with van der Waals surface area (Å²) in [7, 11) is 0. The molecule has 1 aliphatic carbocycles. The lowest BCUT2D eigenvalue weighted by atomic mass is 10.1. The molecule has 0 atom stereocenters. The Hall–Kier alpha value is -1.02. The number of hydrogen-bond acceptors (Lipinski definition) is 1. The molecule has 2 rings (SSSR count). The SMILES string of the molecule is CC1=CCCC=C1.CCNc1cc(CC)ccc1Br. The summed E-state index contributed by atoms with van der Waals surface area (Å²) >= 11 is 3.50. The third-order valence-electron chi connectivity index (χ3n) is 2.99. The largest absolute Gasteiger partial charge is 0.384 e. The first-order chi connectivity index (χ1) is 9.17. The van der Waals surface area contributed by atoms with Gasteiger partial charge in [-0.2, -0.15) is 0 Å². The molecule has 0 spiro atoms. The van der Waals surface area contributed by atoms with Crippen molar-refractivity contribution in [3.63, 3.8) is 0 Å². The van der Waals surface area contributed by atoms with Crippen LogP contribution in [0.15, 0.2) is 46.5 Å². The van der Waals surface area contributed by atoms with E-state index in [0.29, 0.717) is 0 Å². The fraction of sp³-hybridized carbons (Fsp3) is 0.412. The quantitative estimate of drug-likeness (QED) is 0.750. The average molecular weight is 322 g/mol. The van der Waals surface area contributed by atoms with E-state index in [1.165, 1.54) is 29.7 Å². The second-order valence-corrected chi connectivity index (χ2v) is 5.48. The van der Waals surface area contributed by atoms with Crippen LogP contribution < -0.4 is 5.32 Å². The molecular formula is C17H24BrN. The molecule has 0 unspecified atom stereocenters. The Bertz CT molecular complexity index is 447. The maximum absolute atomic E-state index is 3.50. The van der Waals surface area contributed by atoms with E-state index in [1.807, 2.05) is 0 Å². The van der Waals surface area contributed by atoms with Crippen molar-refractivity contribution in [1.29, 1.82) is 0 Å². The Morgan fingerprint density at radius 1 is 1.21 bits per heavy atom. The van der Waals surface area contributed by atoms with Gasteiger partial charge in [-0.05, 0) is 66.7 Å². The number of rotatable bonds is 3. The number of nitrogens with one attached hydrogen (secondary N) is 1. The predicted octanol–water partition coefficient (Wildman–Crippen LogP) is 5.73. The van der Waals surface area contributed by atoms with Gasteiger partial charge in [0.05, 0.1) is 0 Å². The first kappa shape index (κ1) is 16.0. The monoisotopic (exact) mass is 321 g/mol. The molecule has 1 nitrogen and oxygen atoms in total. The minimum Gasteiger partial charge on any atom is -0.384 e. The zero-order valence-corrected chi connectivity index (χ0v) is 13.8. The molecule has 1 N–H and O–H groups in total. The molecule has 0 aromatic heterocycles. The van der Waals surface area contributed by atoms with Crippen LogP contribution in [0.4, 0.5) is 5.69 Å². The fourth-order valence-electron chi connectivity index (χ4n) is 1.86. The molecule has 0 saturated heterocycles. The van der Waals surface area contributed by atoms with E-state index in [4.69, 9.17) is 0 Å². The van der Waals surface area contributed by atoms with Gasteiger partial charge in [0.25, 0.3) is 0 Å². The van der Waals surface area contributed by atoms with Gasteiger partial charge < -0.3 is 5.32 Å². The van der Waals surface area contributed by atoms with Gasteiger partial charge in [0, 0.05) is 16.7 Å². The molecule has 2 heteroatoms. The van der Waals surface area contributed by atoms with Crippen molar-refractivity contribution in [2.45, 2.75) is 40.0 Å². The Kier molecular flexibility index (Phi) is 7.57. The highest BCUT2D eigenvalue weighted by atomic mass is 79.9. The van der Waals surface area contributed by atoms with Gasteiger partial charge in [-0.25, -0.2) is 0 Å². The summed E-state index contributed by atoms with van der Waals surface area (Å²) in [6.45, 7) is 7.37. The zero-order valence-electron chi connectivity index (χ0n) is 12.2. The number of aryl methyl sites for hydroxylation is 1. The molecule has 1 aromatic rings. The molecule has 0 radical (unpaired) electrons. The van der Waals surface area contributed by atoms with Crippen LogP contribution in [0.2, 0.25) is 0 Å². The van der Waals surface area contributed by atoms with Crippen LogP contribution in [0.3, 0.4) is 0 Å². The molecule has 19 heavy (non-hydrogen) atoms. The van der Waals surface area contributed by atoms with E-state index in [1.54, 1.807) is 0 Å². The van der Waals surface area contributed by atoms with E-state index < -0.39 is 0 Å². The first-order valence-electron chi connectivity index (χ1n) is 7.03. The molecule has 0 fully saturated rings. The van der Waals surface area contributed by atoms with E-state index in [0.717, 1.165) is 17.4 Å². The van der Waals surface area contributed by atoms with Gasteiger partial charge in [-0.15, -0.1) is 0 Å². The minimum absolute atomic E-state index is 0.964. The topological polar surface area (TPSA) is 12.0 Å². The number of allylic oxidation sites excluding steroid dienone is 4. The van der Waals surface area contributed by atoms with Gasteiger partial charge in [-0.1, -0.05) is 36.8 Å². The number of halogens is 1. The second-order valence-electron chi connectivity index (χ2n) is 4.63. The summed E-state index contributed by atoms with van der Waals surface area (Å²) in [5.74, 6) is 0. The molecule has 104 valence electrons. The van der Waals surface area contributed by atoms with Crippen molar-refractivity contribution in [2.24, 2.45) is 0 Å². The highest BCUT2D eigenvalue weighted by Gasteiger charge is 1.98. The number of benzene rings is 1. The standard InChI is InChI=1S/C10H14BrN.C7H10/c1-3-8-5-6-9(11)10(7-8)12-4-2;1-7-5-3-2-4-6-7/h5-7,12H,3-4H2,1-2H3;3,5-6H,2,4H2,1H3. The third-order valence-corrected chi connectivity index (χ3v) is 3.68. The fourth-order valence-corrected chi connectivity index (χ4v) is 2.25. The van der Waals surface area contributed by atoms with E-state index in [-0.39, 0.29) is 0 Å². The Morgan fingerprint density at radius 2 is 2.00 bits per heavy atom. The Labute approximate surface area is 125 Å². The lowest BCUT2D eigenvalue weighted by Gasteiger charge is -2.07. The molecule has 0 aliphatic heterocycles. The molecule has 1 aliphatic rings. The molecule has 0 heterocycles. The van der Waals surface area contributed by atoms with Crippen molar-refractivity contribution in [3.8, 4) is 0 Å². The smallest absolute Gasteiger partial charge is 0.0487 e. The van der Waals surface area contributed by atoms with Gasteiger partial charge >= 0.3 is 0 Å². The van der Waals surface area contributed by atoms with Crippen molar-refractivity contribution < 1.29 is 0 Å². The summed E-state index contributed by atoms with van der Waals surface area (Å²) < 4.78 is 1.14. The summed E-state index contributed by atoms with van der Waals surface area (Å²) in [5.41, 5.74) is 3.97. The number of hydrogen-bond donors (Lipinski definition) is 1. The lowest BCUT2D eigenvalue weighted by molar-refractivity contribution is 1.02. The molecular weight excluding hydrogens is 298 g/mol. The van der Waals surface area contributed by atoms with Crippen LogP contribution >= 0.6 is 15.9 Å². The average Bonchev–Trinajstić information content (AvgIpc) is 2.43.